The lowest BCUT2D eigenvalue weighted by Crippen LogP contribution is -2.52. The van der Waals surface area contributed by atoms with Crippen LogP contribution < -0.4 is 15.4 Å². The van der Waals surface area contributed by atoms with Gasteiger partial charge in [0.15, 0.2) is 0 Å². The molecule has 2 N–H and O–H groups in total. The van der Waals surface area contributed by atoms with Gasteiger partial charge in [0.05, 0.1) is 7.11 Å². The molecule has 0 spiro atoms. The molecule has 0 fully saturated rings. The predicted molar refractivity (Wildman–Crippen MR) is 124 cm³/mol. The molecule has 8 nitrogen and oxygen atoms in total. The molecule has 2 amide bonds. The first-order chi connectivity index (χ1) is 15.6. The molecule has 0 saturated heterocycles. The first-order valence-electron chi connectivity index (χ1n) is 10.7. The van der Waals surface area contributed by atoms with Crippen molar-refractivity contribution in [3.05, 3.63) is 65.7 Å². The quantitative estimate of drug-likeness (QED) is 0.561. The minimum atomic E-state index is -0.947. The molecule has 8 heteroatoms. The Morgan fingerprint density at radius 3 is 2.12 bits per heavy atom. The average Bonchev–Trinajstić information content (AvgIpc) is 2.76. The van der Waals surface area contributed by atoms with Crippen LogP contribution in [-0.2, 0) is 32.1 Å². The Bertz CT molecular complexity index is 922. The highest BCUT2D eigenvalue weighted by Crippen LogP contribution is 2.14. The van der Waals surface area contributed by atoms with E-state index >= 15 is 0 Å². The summed E-state index contributed by atoms with van der Waals surface area (Å²) in [5, 5.41) is 5.16. The van der Waals surface area contributed by atoms with Crippen molar-refractivity contribution >= 4 is 18.0 Å². The van der Waals surface area contributed by atoms with Crippen molar-refractivity contribution in [3.8, 4) is 5.75 Å². The fourth-order valence-corrected chi connectivity index (χ4v) is 2.87. The maximum atomic E-state index is 12.8. The SMILES string of the molecule is COc1ccc(CC(NC(=O)C(C)NC(=O)OC(C)(C)C)C(=O)OCc2ccccc2)cc1. The van der Waals surface area contributed by atoms with Crippen LogP contribution in [0.3, 0.4) is 0 Å². The van der Waals surface area contributed by atoms with Crippen LogP contribution in [0.15, 0.2) is 54.6 Å². The van der Waals surface area contributed by atoms with Crippen LogP contribution in [0.25, 0.3) is 0 Å². The summed E-state index contributed by atoms with van der Waals surface area (Å²) in [4.78, 5) is 37.5. The van der Waals surface area contributed by atoms with Gasteiger partial charge in [0.1, 0.15) is 30.0 Å². The Morgan fingerprint density at radius 2 is 1.55 bits per heavy atom. The van der Waals surface area contributed by atoms with Crippen LogP contribution in [0.1, 0.15) is 38.8 Å². The number of benzene rings is 2. The number of carbonyl (C=O) groups excluding carboxylic acids is 3. The van der Waals surface area contributed by atoms with Gasteiger partial charge in [-0.25, -0.2) is 9.59 Å². The highest BCUT2D eigenvalue weighted by atomic mass is 16.6. The molecule has 2 unspecified atom stereocenters. The van der Waals surface area contributed by atoms with E-state index in [2.05, 4.69) is 10.6 Å². The topological polar surface area (TPSA) is 103 Å². The minimum absolute atomic E-state index is 0.0837. The summed E-state index contributed by atoms with van der Waals surface area (Å²) in [5.41, 5.74) is 0.948. The van der Waals surface area contributed by atoms with Crippen molar-refractivity contribution in [2.24, 2.45) is 0 Å². The fourth-order valence-electron chi connectivity index (χ4n) is 2.87. The van der Waals surface area contributed by atoms with E-state index in [1.807, 2.05) is 42.5 Å². The summed E-state index contributed by atoms with van der Waals surface area (Å²) < 4.78 is 15.8. The van der Waals surface area contributed by atoms with Gasteiger partial charge in [0.2, 0.25) is 5.91 Å². The fraction of sp³-hybridized carbons (Fsp3) is 0.400. The van der Waals surface area contributed by atoms with Crippen molar-refractivity contribution in [1.82, 2.24) is 10.6 Å². The predicted octanol–water partition coefficient (Wildman–Crippen LogP) is 3.38. The van der Waals surface area contributed by atoms with Crippen LogP contribution in [0.4, 0.5) is 4.79 Å². The summed E-state index contributed by atoms with van der Waals surface area (Å²) in [7, 11) is 1.57. The molecule has 2 atom stereocenters. The third-order valence-corrected chi connectivity index (χ3v) is 4.55. The number of hydrogen-bond donors (Lipinski definition) is 2. The maximum absolute atomic E-state index is 12.8. The van der Waals surface area contributed by atoms with Gasteiger partial charge >= 0.3 is 12.1 Å². The molecule has 33 heavy (non-hydrogen) atoms. The Hall–Kier alpha value is -3.55. The largest absolute Gasteiger partial charge is 0.497 e. The second-order valence-corrected chi connectivity index (χ2v) is 8.57. The Labute approximate surface area is 194 Å². The molecule has 0 heterocycles. The number of hydrogen-bond acceptors (Lipinski definition) is 6. The highest BCUT2D eigenvalue weighted by molar-refractivity contribution is 5.89. The molecule has 0 aliphatic rings. The van der Waals surface area contributed by atoms with Gasteiger partial charge in [0, 0.05) is 6.42 Å². The van der Waals surface area contributed by atoms with Crippen LogP contribution in [0, 0.1) is 0 Å². The molecule has 0 aromatic heterocycles. The van der Waals surface area contributed by atoms with Gasteiger partial charge in [0.25, 0.3) is 0 Å². The van der Waals surface area contributed by atoms with Gasteiger partial charge in [-0.2, -0.15) is 0 Å². The first-order valence-corrected chi connectivity index (χ1v) is 10.7. The van der Waals surface area contributed by atoms with Crippen molar-refractivity contribution in [2.75, 3.05) is 7.11 Å². The second kappa shape index (κ2) is 11.9. The summed E-state index contributed by atoms with van der Waals surface area (Å²) in [5.74, 6) is -0.426. The highest BCUT2D eigenvalue weighted by Gasteiger charge is 2.27. The van der Waals surface area contributed by atoms with Crippen molar-refractivity contribution in [3.63, 3.8) is 0 Å². The zero-order valence-corrected chi connectivity index (χ0v) is 19.7. The number of alkyl carbamates (subject to hydrolysis) is 1. The summed E-state index contributed by atoms with van der Waals surface area (Å²) in [6.45, 7) is 6.78. The maximum Gasteiger partial charge on any atom is 0.408 e. The van der Waals surface area contributed by atoms with E-state index in [0.717, 1.165) is 11.1 Å². The smallest absolute Gasteiger partial charge is 0.408 e. The first kappa shape index (κ1) is 25.7. The number of nitrogens with one attached hydrogen (secondary N) is 2. The van der Waals surface area contributed by atoms with Crippen molar-refractivity contribution in [1.29, 1.82) is 0 Å². The molecule has 0 saturated carbocycles. The van der Waals surface area contributed by atoms with Crippen molar-refractivity contribution < 1.29 is 28.6 Å². The van der Waals surface area contributed by atoms with E-state index in [1.165, 1.54) is 6.92 Å². The third kappa shape index (κ3) is 9.22. The monoisotopic (exact) mass is 456 g/mol. The van der Waals surface area contributed by atoms with Crippen LogP contribution in [-0.4, -0.2) is 42.8 Å². The molecule has 0 bridgehead atoms. The molecule has 0 radical (unpaired) electrons. The lowest BCUT2D eigenvalue weighted by molar-refractivity contribution is -0.149. The number of methoxy groups -OCH3 is 1. The molecule has 0 aliphatic heterocycles. The zero-order valence-electron chi connectivity index (χ0n) is 19.7. The minimum Gasteiger partial charge on any atom is -0.497 e. The van der Waals surface area contributed by atoms with E-state index in [-0.39, 0.29) is 13.0 Å². The van der Waals surface area contributed by atoms with Crippen LogP contribution in [0.5, 0.6) is 5.75 Å². The molecule has 2 aromatic rings. The lowest BCUT2D eigenvalue weighted by Gasteiger charge is -2.23. The molecule has 0 aliphatic carbocycles. The molecular weight excluding hydrogens is 424 g/mol. The second-order valence-electron chi connectivity index (χ2n) is 8.57. The van der Waals surface area contributed by atoms with E-state index in [4.69, 9.17) is 14.2 Å². The van der Waals surface area contributed by atoms with Gasteiger partial charge in [-0.3, -0.25) is 4.79 Å². The molecule has 2 aromatic carbocycles. The Morgan fingerprint density at radius 1 is 0.909 bits per heavy atom. The number of amides is 2. The number of rotatable bonds is 9. The molecular formula is C25H32N2O6. The normalized spacial score (nSPS) is 12.8. The van der Waals surface area contributed by atoms with Gasteiger partial charge in [-0.1, -0.05) is 42.5 Å². The lowest BCUT2D eigenvalue weighted by atomic mass is 10.1. The number of carbonyl (C=O) groups is 3. The van der Waals surface area contributed by atoms with E-state index in [1.54, 1.807) is 40.0 Å². The van der Waals surface area contributed by atoms with E-state index < -0.39 is 35.7 Å². The summed E-state index contributed by atoms with van der Waals surface area (Å²) in [6.07, 6.45) is -0.508. The Balaban J connectivity index is 2.07. The summed E-state index contributed by atoms with van der Waals surface area (Å²) >= 11 is 0. The van der Waals surface area contributed by atoms with Crippen molar-refractivity contribution in [2.45, 2.75) is 58.4 Å². The Kier molecular flexibility index (Phi) is 9.27. The average molecular weight is 457 g/mol. The van der Waals surface area contributed by atoms with Gasteiger partial charge < -0.3 is 24.8 Å². The standard InChI is InChI=1S/C25H32N2O6/c1-17(26-24(30)33-25(2,3)4)22(28)27-21(15-18-11-13-20(31-5)14-12-18)23(29)32-16-19-9-7-6-8-10-19/h6-14,17,21H,15-16H2,1-5H3,(H,26,30)(H,27,28). The van der Waals surface area contributed by atoms with Gasteiger partial charge in [-0.15, -0.1) is 0 Å². The number of ether oxygens (including phenoxy) is 3. The van der Waals surface area contributed by atoms with Crippen LogP contribution >= 0.6 is 0 Å². The van der Waals surface area contributed by atoms with E-state index in [9.17, 15) is 14.4 Å². The number of esters is 1. The molecule has 2 rings (SSSR count). The zero-order chi connectivity index (χ0) is 24.4. The van der Waals surface area contributed by atoms with Crippen LogP contribution in [0.2, 0.25) is 0 Å². The van der Waals surface area contributed by atoms with E-state index in [0.29, 0.717) is 5.75 Å². The third-order valence-electron chi connectivity index (χ3n) is 4.55. The molecule has 178 valence electrons. The van der Waals surface area contributed by atoms with Gasteiger partial charge in [-0.05, 0) is 51.0 Å². The summed E-state index contributed by atoms with van der Waals surface area (Å²) in [6, 6.07) is 14.6.